The fourth-order valence-corrected chi connectivity index (χ4v) is 3.30. The number of nitro benzene ring substituents is 1. The molecule has 0 saturated heterocycles. The van der Waals surface area contributed by atoms with E-state index in [1.165, 1.54) is 18.2 Å². The van der Waals surface area contributed by atoms with Crippen LogP contribution in [0.3, 0.4) is 0 Å². The Hall–Kier alpha value is -2.93. The predicted molar refractivity (Wildman–Crippen MR) is 96.4 cm³/mol. The van der Waals surface area contributed by atoms with Gasteiger partial charge in [0.25, 0.3) is 11.6 Å². The van der Waals surface area contributed by atoms with Crippen molar-refractivity contribution in [2.75, 3.05) is 0 Å². The molecule has 3 rings (SSSR count). The molecule has 0 bridgehead atoms. The van der Waals surface area contributed by atoms with Gasteiger partial charge in [0.2, 0.25) is 0 Å². The van der Waals surface area contributed by atoms with Gasteiger partial charge < -0.3 is 9.47 Å². The Bertz CT molecular complexity index is 887. The van der Waals surface area contributed by atoms with Gasteiger partial charge in [0, 0.05) is 41.5 Å². The SMILES string of the molecule is Cn1cccc1CN(Cc1cccs1)C(=O)c1cccc([N+](=O)[O-])c1. The maximum Gasteiger partial charge on any atom is 0.270 e. The van der Waals surface area contributed by atoms with Crippen LogP contribution in [0.1, 0.15) is 20.9 Å². The number of hydrogen-bond donors (Lipinski definition) is 0. The number of non-ortho nitro benzene ring substituents is 1. The van der Waals surface area contributed by atoms with Crippen LogP contribution in [0.15, 0.2) is 60.1 Å². The summed E-state index contributed by atoms with van der Waals surface area (Å²) in [5.41, 5.74) is 1.23. The highest BCUT2D eigenvalue weighted by Gasteiger charge is 2.20. The quantitative estimate of drug-likeness (QED) is 0.498. The van der Waals surface area contributed by atoms with Gasteiger partial charge >= 0.3 is 0 Å². The third-order valence-electron chi connectivity index (χ3n) is 3.92. The average Bonchev–Trinajstić information content (AvgIpc) is 3.26. The van der Waals surface area contributed by atoms with E-state index in [1.54, 1.807) is 22.3 Å². The number of hydrogen-bond acceptors (Lipinski definition) is 4. The molecule has 7 heteroatoms. The van der Waals surface area contributed by atoms with Crippen LogP contribution in [-0.2, 0) is 20.1 Å². The molecule has 0 N–H and O–H groups in total. The minimum absolute atomic E-state index is 0.0826. The molecule has 1 amide bonds. The van der Waals surface area contributed by atoms with Crippen molar-refractivity contribution in [2.45, 2.75) is 13.1 Å². The first-order valence-corrected chi connectivity index (χ1v) is 8.59. The van der Waals surface area contributed by atoms with Crippen LogP contribution in [-0.4, -0.2) is 20.3 Å². The molecule has 0 atom stereocenters. The number of carbonyl (C=O) groups is 1. The lowest BCUT2D eigenvalue weighted by molar-refractivity contribution is -0.384. The van der Waals surface area contributed by atoms with Crippen LogP contribution in [0.4, 0.5) is 5.69 Å². The van der Waals surface area contributed by atoms with Crippen molar-refractivity contribution in [1.82, 2.24) is 9.47 Å². The van der Waals surface area contributed by atoms with E-state index in [9.17, 15) is 14.9 Å². The Kier molecular flexibility index (Phi) is 4.95. The van der Waals surface area contributed by atoms with E-state index in [2.05, 4.69) is 0 Å². The van der Waals surface area contributed by atoms with Crippen molar-refractivity contribution in [3.05, 3.63) is 86.4 Å². The minimum Gasteiger partial charge on any atom is -0.353 e. The van der Waals surface area contributed by atoms with Crippen LogP contribution in [0.2, 0.25) is 0 Å². The van der Waals surface area contributed by atoms with Crippen LogP contribution in [0.5, 0.6) is 0 Å². The van der Waals surface area contributed by atoms with Crippen LogP contribution < -0.4 is 0 Å². The molecule has 1 aromatic carbocycles. The number of aryl methyl sites for hydroxylation is 1. The van der Waals surface area contributed by atoms with Gasteiger partial charge in [-0.2, -0.15) is 0 Å². The molecule has 2 aromatic heterocycles. The number of aromatic nitrogens is 1. The molecule has 3 aromatic rings. The number of rotatable bonds is 6. The highest BCUT2D eigenvalue weighted by molar-refractivity contribution is 7.09. The number of carbonyl (C=O) groups excluding carboxylic acids is 1. The summed E-state index contributed by atoms with van der Waals surface area (Å²) in [4.78, 5) is 26.2. The lowest BCUT2D eigenvalue weighted by Crippen LogP contribution is -2.30. The van der Waals surface area contributed by atoms with E-state index < -0.39 is 4.92 Å². The minimum atomic E-state index is -0.489. The van der Waals surface area contributed by atoms with Crippen LogP contribution >= 0.6 is 11.3 Å². The Labute approximate surface area is 149 Å². The number of amides is 1. The van der Waals surface area contributed by atoms with Gasteiger partial charge in [-0.15, -0.1) is 11.3 Å². The van der Waals surface area contributed by atoms with Crippen molar-refractivity contribution in [3.63, 3.8) is 0 Å². The Morgan fingerprint density at radius 3 is 2.68 bits per heavy atom. The maximum absolute atomic E-state index is 13.0. The van der Waals surface area contributed by atoms with Gasteiger partial charge in [-0.1, -0.05) is 12.1 Å². The third-order valence-corrected chi connectivity index (χ3v) is 4.78. The van der Waals surface area contributed by atoms with Gasteiger partial charge in [-0.05, 0) is 29.6 Å². The van der Waals surface area contributed by atoms with Crippen molar-refractivity contribution in [2.24, 2.45) is 7.05 Å². The highest BCUT2D eigenvalue weighted by atomic mass is 32.1. The maximum atomic E-state index is 13.0. The molecule has 0 aliphatic heterocycles. The van der Waals surface area contributed by atoms with Gasteiger partial charge in [0.05, 0.1) is 18.0 Å². The number of nitro groups is 1. The largest absolute Gasteiger partial charge is 0.353 e. The van der Waals surface area contributed by atoms with Gasteiger partial charge in [0.1, 0.15) is 0 Å². The zero-order chi connectivity index (χ0) is 17.8. The van der Waals surface area contributed by atoms with E-state index in [0.29, 0.717) is 18.7 Å². The van der Waals surface area contributed by atoms with Gasteiger partial charge in [-0.3, -0.25) is 14.9 Å². The third kappa shape index (κ3) is 3.95. The fourth-order valence-electron chi connectivity index (χ4n) is 2.58. The molecular formula is C18H17N3O3S. The normalized spacial score (nSPS) is 10.6. The molecule has 0 radical (unpaired) electrons. The lowest BCUT2D eigenvalue weighted by Gasteiger charge is -2.22. The van der Waals surface area contributed by atoms with Crippen molar-refractivity contribution in [1.29, 1.82) is 0 Å². The monoisotopic (exact) mass is 355 g/mol. The van der Waals surface area contributed by atoms with Crippen molar-refractivity contribution < 1.29 is 9.72 Å². The zero-order valence-electron chi connectivity index (χ0n) is 13.7. The first kappa shape index (κ1) is 16.9. The Morgan fingerprint density at radius 2 is 2.04 bits per heavy atom. The summed E-state index contributed by atoms with van der Waals surface area (Å²) in [5.74, 6) is -0.224. The molecule has 6 nitrogen and oxygen atoms in total. The summed E-state index contributed by atoms with van der Waals surface area (Å²) < 4.78 is 1.96. The summed E-state index contributed by atoms with van der Waals surface area (Å²) in [6, 6.07) is 13.7. The average molecular weight is 355 g/mol. The van der Waals surface area contributed by atoms with E-state index in [1.807, 2.05) is 47.5 Å². The first-order chi connectivity index (χ1) is 12.0. The Balaban J connectivity index is 1.89. The summed E-state index contributed by atoms with van der Waals surface area (Å²) in [7, 11) is 1.93. The van der Waals surface area contributed by atoms with E-state index in [-0.39, 0.29) is 11.6 Å². The molecule has 0 aliphatic carbocycles. The van der Waals surface area contributed by atoms with Gasteiger partial charge in [-0.25, -0.2) is 0 Å². The number of benzene rings is 1. The lowest BCUT2D eigenvalue weighted by atomic mass is 10.1. The molecule has 128 valence electrons. The van der Waals surface area contributed by atoms with E-state index in [4.69, 9.17) is 0 Å². The topological polar surface area (TPSA) is 68.4 Å². The zero-order valence-corrected chi connectivity index (χ0v) is 14.5. The van der Waals surface area contributed by atoms with Crippen molar-refractivity contribution in [3.8, 4) is 0 Å². The summed E-state index contributed by atoms with van der Waals surface area (Å²) in [6.45, 7) is 0.896. The van der Waals surface area contributed by atoms with Gasteiger partial charge in [0.15, 0.2) is 0 Å². The Morgan fingerprint density at radius 1 is 1.20 bits per heavy atom. The standard InChI is InChI=1S/C18H17N3O3S/c1-19-9-3-7-16(19)12-20(13-17-8-4-10-25-17)18(22)14-5-2-6-15(11-14)21(23)24/h2-11H,12-13H2,1H3. The number of thiophene rings is 1. The second-order valence-corrected chi connectivity index (χ2v) is 6.69. The highest BCUT2D eigenvalue weighted by Crippen LogP contribution is 2.20. The molecule has 2 heterocycles. The van der Waals surface area contributed by atoms with Crippen LogP contribution in [0.25, 0.3) is 0 Å². The predicted octanol–water partition coefficient (Wildman–Crippen LogP) is 3.84. The first-order valence-electron chi connectivity index (χ1n) is 7.71. The summed E-state index contributed by atoms with van der Waals surface area (Å²) in [5, 5.41) is 12.9. The molecule has 0 fully saturated rings. The molecular weight excluding hydrogens is 338 g/mol. The summed E-state index contributed by atoms with van der Waals surface area (Å²) in [6.07, 6.45) is 1.93. The fraction of sp³-hybridized carbons (Fsp3) is 0.167. The summed E-state index contributed by atoms with van der Waals surface area (Å²) >= 11 is 1.58. The smallest absolute Gasteiger partial charge is 0.270 e. The molecule has 0 saturated carbocycles. The second kappa shape index (κ2) is 7.31. The second-order valence-electron chi connectivity index (χ2n) is 5.66. The van der Waals surface area contributed by atoms with Crippen LogP contribution in [0, 0.1) is 10.1 Å². The molecule has 0 aliphatic rings. The molecule has 25 heavy (non-hydrogen) atoms. The van der Waals surface area contributed by atoms with E-state index in [0.717, 1.165) is 10.6 Å². The molecule has 0 spiro atoms. The molecule has 0 unspecified atom stereocenters. The van der Waals surface area contributed by atoms with E-state index >= 15 is 0 Å². The number of nitrogens with zero attached hydrogens (tertiary/aromatic N) is 3. The van der Waals surface area contributed by atoms with Crippen molar-refractivity contribution >= 4 is 22.9 Å².